The van der Waals surface area contributed by atoms with Crippen LogP contribution in [0.3, 0.4) is 0 Å². The molecule has 0 heterocycles. The fraction of sp³-hybridized carbons (Fsp3) is 0.300. The van der Waals surface area contributed by atoms with Crippen molar-refractivity contribution in [3.8, 4) is 11.5 Å². The van der Waals surface area contributed by atoms with Crippen LogP contribution in [-0.4, -0.2) is 23.2 Å². The lowest BCUT2D eigenvalue weighted by Crippen LogP contribution is -2.54. The molecule has 0 spiro atoms. The number of nitrogens with zero attached hydrogens (tertiary/aromatic N) is 1. The van der Waals surface area contributed by atoms with Gasteiger partial charge in [0.25, 0.3) is 0 Å². The molecule has 0 aliphatic heterocycles. The first-order chi connectivity index (χ1) is 12.7. The molecule has 6 nitrogen and oxygen atoms in total. The van der Waals surface area contributed by atoms with Gasteiger partial charge in [0, 0.05) is 0 Å². The third kappa shape index (κ3) is 4.99. The van der Waals surface area contributed by atoms with E-state index >= 15 is 0 Å². The zero-order chi connectivity index (χ0) is 18.2. The van der Waals surface area contributed by atoms with Crippen molar-refractivity contribution >= 4 is 12.2 Å². The van der Waals surface area contributed by atoms with Crippen molar-refractivity contribution in [1.82, 2.24) is 10.4 Å². The topological polar surface area (TPSA) is 67.9 Å². The van der Waals surface area contributed by atoms with E-state index in [2.05, 4.69) is 5.43 Å². The minimum Gasteiger partial charge on any atom is -0.409 e. The molecule has 1 aliphatic carbocycles. The van der Waals surface area contributed by atoms with E-state index in [0.29, 0.717) is 11.5 Å². The molecular weight excluding hydrogens is 332 g/mol. The summed E-state index contributed by atoms with van der Waals surface area (Å²) < 4.78 is 10.6. The second-order valence-electron chi connectivity index (χ2n) is 6.16. The predicted molar refractivity (Wildman–Crippen MR) is 96.8 cm³/mol. The van der Waals surface area contributed by atoms with Crippen LogP contribution in [0.5, 0.6) is 11.5 Å². The minimum atomic E-state index is -0.716. The third-order valence-corrected chi connectivity index (χ3v) is 4.25. The van der Waals surface area contributed by atoms with Gasteiger partial charge in [-0.1, -0.05) is 55.7 Å². The minimum absolute atomic E-state index is 0.108. The van der Waals surface area contributed by atoms with Crippen molar-refractivity contribution in [3.63, 3.8) is 0 Å². The number of hydrogen-bond donors (Lipinski definition) is 1. The molecule has 136 valence electrons. The average molecular weight is 354 g/mol. The van der Waals surface area contributed by atoms with Gasteiger partial charge in [-0.25, -0.2) is 20.0 Å². The van der Waals surface area contributed by atoms with E-state index in [0.717, 1.165) is 32.1 Å². The van der Waals surface area contributed by atoms with Crippen LogP contribution in [0.15, 0.2) is 60.7 Å². The highest BCUT2D eigenvalue weighted by Crippen LogP contribution is 2.23. The van der Waals surface area contributed by atoms with Gasteiger partial charge in [0.05, 0.1) is 6.04 Å². The summed E-state index contributed by atoms with van der Waals surface area (Å²) in [5.74, 6) is 0.835. The molecule has 6 heteroatoms. The molecule has 0 atom stereocenters. The van der Waals surface area contributed by atoms with Crippen molar-refractivity contribution in [1.29, 1.82) is 0 Å². The molecule has 0 unspecified atom stereocenters. The first-order valence-electron chi connectivity index (χ1n) is 8.82. The second kappa shape index (κ2) is 8.89. The number of rotatable bonds is 3. The Morgan fingerprint density at radius 2 is 1.35 bits per heavy atom. The van der Waals surface area contributed by atoms with E-state index in [9.17, 15) is 9.59 Å². The summed E-state index contributed by atoms with van der Waals surface area (Å²) in [6, 6.07) is 17.4. The Morgan fingerprint density at radius 1 is 0.808 bits per heavy atom. The number of nitrogens with one attached hydrogen (secondary N) is 1. The van der Waals surface area contributed by atoms with Crippen LogP contribution in [0.1, 0.15) is 32.1 Å². The van der Waals surface area contributed by atoms with Crippen LogP contribution in [0.25, 0.3) is 0 Å². The largest absolute Gasteiger partial charge is 0.434 e. The monoisotopic (exact) mass is 354 g/mol. The van der Waals surface area contributed by atoms with E-state index < -0.39 is 12.2 Å². The standard InChI is InChI=1S/C20H22N2O4/c23-19(25-17-12-6-2-7-13-17)21-22(16-10-4-1-5-11-16)20(24)26-18-14-8-3-9-15-18/h2-3,6-9,12-16H,1,4-5,10-11H2,(H,21,23). The smallest absolute Gasteiger partial charge is 0.409 e. The highest BCUT2D eigenvalue weighted by atomic mass is 16.6. The molecule has 1 fully saturated rings. The lowest BCUT2D eigenvalue weighted by atomic mass is 9.95. The molecule has 0 bridgehead atoms. The van der Waals surface area contributed by atoms with E-state index in [1.54, 1.807) is 48.5 Å². The Morgan fingerprint density at radius 3 is 1.92 bits per heavy atom. The molecule has 2 amide bonds. The number of ether oxygens (including phenoxy) is 2. The van der Waals surface area contributed by atoms with Gasteiger partial charge >= 0.3 is 12.2 Å². The van der Waals surface area contributed by atoms with Gasteiger partial charge in [0.2, 0.25) is 0 Å². The summed E-state index contributed by atoms with van der Waals surface area (Å²) in [6.45, 7) is 0. The highest BCUT2D eigenvalue weighted by molar-refractivity contribution is 5.77. The van der Waals surface area contributed by atoms with Crippen molar-refractivity contribution < 1.29 is 19.1 Å². The van der Waals surface area contributed by atoms with Gasteiger partial charge in [-0.3, -0.25) is 0 Å². The van der Waals surface area contributed by atoms with Crippen LogP contribution < -0.4 is 14.9 Å². The Kier molecular flexibility index (Phi) is 6.09. The van der Waals surface area contributed by atoms with E-state index in [1.165, 1.54) is 5.01 Å². The van der Waals surface area contributed by atoms with Gasteiger partial charge < -0.3 is 9.47 Å². The first-order valence-corrected chi connectivity index (χ1v) is 8.82. The molecule has 3 rings (SSSR count). The molecule has 1 saturated carbocycles. The summed E-state index contributed by atoms with van der Waals surface area (Å²) in [4.78, 5) is 24.9. The zero-order valence-electron chi connectivity index (χ0n) is 14.5. The van der Waals surface area contributed by atoms with E-state index in [4.69, 9.17) is 9.47 Å². The van der Waals surface area contributed by atoms with Gasteiger partial charge in [-0.2, -0.15) is 0 Å². The Hall–Kier alpha value is -3.02. The summed E-state index contributed by atoms with van der Waals surface area (Å²) in [5.41, 5.74) is 2.55. The van der Waals surface area contributed by atoms with Crippen molar-refractivity contribution in [2.24, 2.45) is 0 Å². The van der Waals surface area contributed by atoms with Crippen LogP contribution in [0, 0.1) is 0 Å². The molecule has 0 saturated heterocycles. The normalized spacial score (nSPS) is 14.3. The number of amides is 2. The van der Waals surface area contributed by atoms with Gasteiger partial charge in [-0.15, -0.1) is 0 Å². The molecule has 2 aromatic carbocycles. The fourth-order valence-electron chi connectivity index (χ4n) is 2.98. The van der Waals surface area contributed by atoms with E-state index in [-0.39, 0.29) is 6.04 Å². The fourth-order valence-corrected chi connectivity index (χ4v) is 2.98. The summed E-state index contributed by atoms with van der Waals surface area (Å²) >= 11 is 0. The maximum atomic E-state index is 12.6. The van der Waals surface area contributed by atoms with E-state index in [1.807, 2.05) is 12.1 Å². The Labute approximate surface area is 152 Å². The van der Waals surface area contributed by atoms with Gasteiger partial charge in [0.1, 0.15) is 11.5 Å². The number of carbonyl (C=O) groups is 2. The lowest BCUT2D eigenvalue weighted by molar-refractivity contribution is 0.0812. The number of para-hydroxylation sites is 2. The maximum absolute atomic E-state index is 12.6. The van der Waals surface area contributed by atoms with Crippen LogP contribution in [0.4, 0.5) is 9.59 Å². The SMILES string of the molecule is O=C(NN(C(=O)Oc1ccccc1)C1CCCCC1)Oc1ccccc1. The van der Waals surface area contributed by atoms with Crippen molar-refractivity contribution in [3.05, 3.63) is 60.7 Å². The molecule has 2 aromatic rings. The summed E-state index contributed by atoms with van der Waals surface area (Å²) in [5, 5.41) is 1.26. The maximum Gasteiger partial charge on any atom is 0.434 e. The van der Waals surface area contributed by atoms with Crippen molar-refractivity contribution in [2.45, 2.75) is 38.1 Å². The third-order valence-electron chi connectivity index (χ3n) is 4.25. The number of benzene rings is 2. The second-order valence-corrected chi connectivity index (χ2v) is 6.16. The first kappa shape index (κ1) is 17.8. The summed E-state index contributed by atoms with van der Waals surface area (Å²) in [7, 11) is 0. The van der Waals surface area contributed by atoms with Gasteiger partial charge in [-0.05, 0) is 37.1 Å². The molecule has 26 heavy (non-hydrogen) atoms. The Balaban J connectivity index is 1.68. The molecule has 1 N–H and O–H groups in total. The van der Waals surface area contributed by atoms with Crippen LogP contribution in [0.2, 0.25) is 0 Å². The van der Waals surface area contributed by atoms with Crippen LogP contribution >= 0.6 is 0 Å². The predicted octanol–water partition coefficient (Wildman–Crippen LogP) is 4.52. The number of carbonyl (C=O) groups excluding carboxylic acids is 2. The molecular formula is C20H22N2O4. The van der Waals surface area contributed by atoms with Crippen LogP contribution in [-0.2, 0) is 0 Å². The lowest BCUT2D eigenvalue weighted by Gasteiger charge is -2.32. The van der Waals surface area contributed by atoms with Gasteiger partial charge in [0.15, 0.2) is 0 Å². The quantitative estimate of drug-likeness (QED) is 0.823. The van der Waals surface area contributed by atoms with Crippen molar-refractivity contribution in [2.75, 3.05) is 0 Å². The highest BCUT2D eigenvalue weighted by Gasteiger charge is 2.29. The summed E-state index contributed by atoms with van der Waals surface area (Å²) in [6.07, 6.45) is 3.45. The molecule has 1 aliphatic rings. The number of hydrogen-bond acceptors (Lipinski definition) is 4. The zero-order valence-corrected chi connectivity index (χ0v) is 14.5. The number of hydrazine groups is 1. The Bertz CT molecular complexity index is 715. The average Bonchev–Trinajstić information content (AvgIpc) is 2.68. The molecule has 0 aromatic heterocycles. The molecule has 0 radical (unpaired) electrons.